The minimum atomic E-state index is 0.765. The fraction of sp³-hybridized carbons (Fsp3) is 0.154. The molecule has 0 bridgehead atoms. The summed E-state index contributed by atoms with van der Waals surface area (Å²) in [6.07, 6.45) is 3.46. The fourth-order valence-corrected chi connectivity index (χ4v) is 1.44. The first-order valence-corrected chi connectivity index (χ1v) is 5.35. The average molecular weight is 226 g/mol. The molecule has 1 aromatic heterocycles. The van der Waals surface area contributed by atoms with Crippen molar-refractivity contribution in [3.05, 3.63) is 48.8 Å². The van der Waals surface area contributed by atoms with E-state index in [2.05, 4.69) is 15.2 Å². The van der Waals surface area contributed by atoms with Crippen LogP contribution in [0.3, 0.4) is 0 Å². The standard InChI is InChI=1S/C13H14N4/c1-17(2)13-8-9-14-10-12(13)16-15-11-6-4-3-5-7-11/h3-10H,1-2H3. The Morgan fingerprint density at radius 1 is 1.00 bits per heavy atom. The van der Waals surface area contributed by atoms with Gasteiger partial charge in [0.1, 0.15) is 5.69 Å². The number of nitrogens with zero attached hydrogens (tertiary/aromatic N) is 4. The predicted molar refractivity (Wildman–Crippen MR) is 69.2 cm³/mol. The lowest BCUT2D eigenvalue weighted by Gasteiger charge is -2.13. The molecule has 2 rings (SSSR count). The molecule has 0 aliphatic rings. The molecule has 1 aromatic carbocycles. The monoisotopic (exact) mass is 226 g/mol. The maximum absolute atomic E-state index is 4.22. The van der Waals surface area contributed by atoms with Crippen molar-refractivity contribution in [2.24, 2.45) is 10.2 Å². The van der Waals surface area contributed by atoms with Gasteiger partial charge < -0.3 is 4.90 Å². The van der Waals surface area contributed by atoms with Gasteiger partial charge in [-0.3, -0.25) is 4.98 Å². The third kappa shape index (κ3) is 2.87. The van der Waals surface area contributed by atoms with Gasteiger partial charge in [0, 0.05) is 20.3 Å². The smallest absolute Gasteiger partial charge is 0.127 e. The summed E-state index contributed by atoms with van der Waals surface area (Å²) in [6.45, 7) is 0. The molecule has 0 aliphatic carbocycles. The number of rotatable bonds is 3. The third-order valence-corrected chi connectivity index (χ3v) is 2.29. The molecule has 2 aromatic rings. The van der Waals surface area contributed by atoms with E-state index >= 15 is 0 Å². The van der Waals surface area contributed by atoms with E-state index in [9.17, 15) is 0 Å². The quantitative estimate of drug-likeness (QED) is 0.751. The van der Waals surface area contributed by atoms with Gasteiger partial charge in [0.05, 0.1) is 17.6 Å². The molecule has 0 amide bonds. The Kier molecular flexibility index (Phi) is 3.45. The van der Waals surface area contributed by atoms with Crippen molar-refractivity contribution in [1.82, 2.24) is 4.98 Å². The van der Waals surface area contributed by atoms with Gasteiger partial charge in [0.25, 0.3) is 0 Å². The minimum absolute atomic E-state index is 0.765. The van der Waals surface area contributed by atoms with Gasteiger partial charge in [-0.15, -0.1) is 5.11 Å². The van der Waals surface area contributed by atoms with E-state index in [4.69, 9.17) is 0 Å². The van der Waals surface area contributed by atoms with Crippen LogP contribution in [0.1, 0.15) is 0 Å². The Balaban J connectivity index is 2.27. The van der Waals surface area contributed by atoms with Crippen molar-refractivity contribution in [2.75, 3.05) is 19.0 Å². The Hall–Kier alpha value is -2.23. The van der Waals surface area contributed by atoms with Gasteiger partial charge in [-0.25, -0.2) is 0 Å². The first-order chi connectivity index (χ1) is 8.27. The van der Waals surface area contributed by atoms with Crippen LogP contribution in [-0.4, -0.2) is 19.1 Å². The van der Waals surface area contributed by atoms with Crippen molar-refractivity contribution >= 4 is 17.1 Å². The largest absolute Gasteiger partial charge is 0.376 e. The molecule has 1 heterocycles. The lowest BCUT2D eigenvalue weighted by Crippen LogP contribution is -2.08. The SMILES string of the molecule is CN(C)c1ccncc1N=Nc1ccccc1. The van der Waals surface area contributed by atoms with Crippen LogP contribution >= 0.6 is 0 Å². The maximum Gasteiger partial charge on any atom is 0.127 e. The molecule has 0 saturated heterocycles. The van der Waals surface area contributed by atoms with E-state index in [0.29, 0.717) is 0 Å². The highest BCUT2D eigenvalue weighted by Crippen LogP contribution is 2.27. The summed E-state index contributed by atoms with van der Waals surface area (Å²) in [7, 11) is 3.94. The number of anilines is 1. The normalized spacial score (nSPS) is 10.7. The number of aromatic nitrogens is 1. The predicted octanol–water partition coefficient (Wildman–Crippen LogP) is 3.56. The highest BCUT2D eigenvalue weighted by atomic mass is 15.2. The number of hydrogen-bond donors (Lipinski definition) is 0. The zero-order chi connectivity index (χ0) is 12.1. The molecule has 0 aliphatic heterocycles. The third-order valence-electron chi connectivity index (χ3n) is 2.29. The minimum Gasteiger partial charge on any atom is -0.376 e. The van der Waals surface area contributed by atoms with E-state index in [1.807, 2.05) is 55.4 Å². The van der Waals surface area contributed by atoms with E-state index in [-0.39, 0.29) is 0 Å². The highest BCUT2D eigenvalue weighted by molar-refractivity contribution is 5.64. The summed E-state index contributed by atoms with van der Waals surface area (Å²) in [5, 5.41) is 8.40. The fourth-order valence-electron chi connectivity index (χ4n) is 1.44. The Morgan fingerprint density at radius 3 is 2.47 bits per heavy atom. The van der Waals surface area contributed by atoms with Crippen LogP contribution in [0.2, 0.25) is 0 Å². The lowest BCUT2D eigenvalue weighted by molar-refractivity contribution is 1.10. The maximum atomic E-state index is 4.22. The van der Waals surface area contributed by atoms with Gasteiger partial charge in [-0.2, -0.15) is 5.11 Å². The van der Waals surface area contributed by atoms with Crippen molar-refractivity contribution in [1.29, 1.82) is 0 Å². The van der Waals surface area contributed by atoms with Crippen molar-refractivity contribution in [3.63, 3.8) is 0 Å². The molecule has 17 heavy (non-hydrogen) atoms. The number of azo groups is 1. The van der Waals surface area contributed by atoms with Crippen LogP contribution in [-0.2, 0) is 0 Å². The molecule has 0 radical (unpaired) electrons. The van der Waals surface area contributed by atoms with Crippen molar-refractivity contribution in [3.8, 4) is 0 Å². The first kappa shape index (κ1) is 11.3. The zero-order valence-corrected chi connectivity index (χ0v) is 9.91. The Morgan fingerprint density at radius 2 is 1.76 bits per heavy atom. The number of hydrogen-bond acceptors (Lipinski definition) is 4. The molecule has 86 valence electrons. The van der Waals surface area contributed by atoms with Crippen LogP contribution < -0.4 is 4.90 Å². The van der Waals surface area contributed by atoms with Crippen molar-refractivity contribution in [2.45, 2.75) is 0 Å². The van der Waals surface area contributed by atoms with E-state index in [1.165, 1.54) is 0 Å². The summed E-state index contributed by atoms with van der Waals surface area (Å²) in [5.41, 5.74) is 2.60. The van der Waals surface area contributed by atoms with Crippen molar-refractivity contribution < 1.29 is 0 Å². The highest BCUT2D eigenvalue weighted by Gasteiger charge is 2.02. The van der Waals surface area contributed by atoms with Gasteiger partial charge >= 0.3 is 0 Å². The van der Waals surface area contributed by atoms with E-state index in [0.717, 1.165) is 17.1 Å². The van der Waals surface area contributed by atoms with Crippen LogP contribution in [0.4, 0.5) is 17.1 Å². The van der Waals surface area contributed by atoms with Gasteiger partial charge in [0.2, 0.25) is 0 Å². The second-order valence-corrected chi connectivity index (χ2v) is 3.79. The van der Waals surface area contributed by atoms with E-state index < -0.39 is 0 Å². The molecule has 0 unspecified atom stereocenters. The second-order valence-electron chi connectivity index (χ2n) is 3.79. The molecular formula is C13H14N4. The molecule has 0 atom stereocenters. The van der Waals surface area contributed by atoms with Gasteiger partial charge in [0.15, 0.2) is 0 Å². The molecule has 0 fully saturated rings. The van der Waals surface area contributed by atoms with Gasteiger partial charge in [-0.1, -0.05) is 18.2 Å². The number of benzene rings is 1. The molecule has 0 N–H and O–H groups in total. The van der Waals surface area contributed by atoms with Crippen LogP contribution in [0, 0.1) is 0 Å². The molecule has 4 nitrogen and oxygen atoms in total. The van der Waals surface area contributed by atoms with Crippen LogP contribution in [0.5, 0.6) is 0 Å². The first-order valence-electron chi connectivity index (χ1n) is 5.35. The molecule has 0 spiro atoms. The van der Waals surface area contributed by atoms with E-state index in [1.54, 1.807) is 12.4 Å². The summed E-state index contributed by atoms with van der Waals surface area (Å²) >= 11 is 0. The molecule has 4 heteroatoms. The summed E-state index contributed by atoms with van der Waals surface area (Å²) < 4.78 is 0. The molecule has 0 saturated carbocycles. The Labute approximate surface area is 101 Å². The molecular weight excluding hydrogens is 212 g/mol. The zero-order valence-electron chi connectivity index (χ0n) is 9.91. The van der Waals surface area contributed by atoms with Crippen LogP contribution in [0.25, 0.3) is 0 Å². The summed E-state index contributed by atoms with van der Waals surface area (Å²) in [5.74, 6) is 0. The van der Waals surface area contributed by atoms with Gasteiger partial charge in [-0.05, 0) is 18.2 Å². The second kappa shape index (κ2) is 5.21. The average Bonchev–Trinajstić information content (AvgIpc) is 2.38. The summed E-state index contributed by atoms with van der Waals surface area (Å²) in [6, 6.07) is 11.6. The number of pyridine rings is 1. The topological polar surface area (TPSA) is 40.9 Å². The Bertz CT molecular complexity index is 506. The lowest BCUT2D eigenvalue weighted by atomic mass is 10.3. The summed E-state index contributed by atoms with van der Waals surface area (Å²) in [4.78, 5) is 6.05. The van der Waals surface area contributed by atoms with Crippen LogP contribution in [0.15, 0.2) is 59.0 Å².